The van der Waals surface area contributed by atoms with Gasteiger partial charge in [-0.3, -0.25) is 5.11 Å². The molecule has 0 aliphatic carbocycles. The number of benzene rings is 2. The molecule has 0 aromatic heterocycles. The largest absolute Gasteiger partial charge is 0.416 e. The zero-order valence-corrected chi connectivity index (χ0v) is 8.66. The molecule has 0 fully saturated rings. The number of hydrogen-bond acceptors (Lipinski definition) is 0. The second kappa shape index (κ2) is 4.13. The fraction of sp³-hybridized carbons (Fsp3) is 0.0769. The average molecular weight is 237 g/mol. The minimum absolute atomic E-state index is 0.164. The lowest BCUT2D eigenvalue weighted by Crippen LogP contribution is -2.03. The number of halogens is 3. The van der Waals surface area contributed by atoms with Crippen LogP contribution in [0, 0.1) is 0 Å². The van der Waals surface area contributed by atoms with E-state index >= 15 is 0 Å². The van der Waals surface area contributed by atoms with E-state index in [1.165, 1.54) is 24.3 Å². The summed E-state index contributed by atoms with van der Waals surface area (Å²) in [5.74, 6) is -0.164. The number of hydrogen-bond donors (Lipinski definition) is 0. The van der Waals surface area contributed by atoms with Crippen LogP contribution in [0.5, 0.6) is 5.75 Å². The predicted octanol–water partition coefficient (Wildman–Crippen LogP) is 4.52. The van der Waals surface area contributed by atoms with Gasteiger partial charge in [0.05, 0.1) is 5.56 Å². The highest BCUT2D eigenvalue weighted by Crippen LogP contribution is 2.31. The van der Waals surface area contributed by atoms with Crippen LogP contribution in [-0.4, -0.2) is 0 Å². The van der Waals surface area contributed by atoms with Crippen LogP contribution < -0.4 is 0 Å². The Morgan fingerprint density at radius 2 is 1.47 bits per heavy atom. The van der Waals surface area contributed by atoms with Crippen LogP contribution in [0.2, 0.25) is 0 Å². The van der Waals surface area contributed by atoms with Crippen molar-refractivity contribution in [1.82, 2.24) is 0 Å². The molecule has 0 N–H and O–H groups in total. The van der Waals surface area contributed by atoms with Crippen molar-refractivity contribution in [2.24, 2.45) is 0 Å². The van der Waals surface area contributed by atoms with Gasteiger partial charge in [-0.05, 0) is 35.4 Å². The topological polar surface area (TPSA) is 19.9 Å². The Kier molecular flexibility index (Phi) is 2.79. The van der Waals surface area contributed by atoms with E-state index in [1.807, 2.05) is 0 Å². The molecule has 0 amide bonds. The van der Waals surface area contributed by atoms with Crippen LogP contribution >= 0.6 is 0 Å². The first kappa shape index (κ1) is 11.5. The lowest BCUT2D eigenvalue weighted by Gasteiger charge is -2.07. The Morgan fingerprint density at radius 1 is 0.824 bits per heavy atom. The van der Waals surface area contributed by atoms with Crippen LogP contribution in [-0.2, 0) is 11.3 Å². The third kappa shape index (κ3) is 2.58. The van der Waals surface area contributed by atoms with E-state index < -0.39 is 11.7 Å². The van der Waals surface area contributed by atoms with Crippen molar-refractivity contribution < 1.29 is 18.3 Å². The first-order valence-electron chi connectivity index (χ1n) is 4.91. The molecule has 0 aliphatic rings. The lowest BCUT2D eigenvalue weighted by molar-refractivity contribution is -0.137. The van der Waals surface area contributed by atoms with Crippen LogP contribution in [0.25, 0.3) is 11.1 Å². The molecule has 2 aromatic carbocycles. The van der Waals surface area contributed by atoms with E-state index in [1.54, 1.807) is 12.1 Å². The van der Waals surface area contributed by atoms with E-state index in [0.717, 1.165) is 12.1 Å². The smallest absolute Gasteiger partial charge is 0.290 e. The average Bonchev–Trinajstić information content (AvgIpc) is 2.28. The molecule has 1 radical (unpaired) electrons. The number of rotatable bonds is 1. The molecule has 0 saturated carbocycles. The van der Waals surface area contributed by atoms with Gasteiger partial charge in [0, 0.05) is 0 Å². The maximum absolute atomic E-state index is 12.3. The van der Waals surface area contributed by atoms with E-state index in [4.69, 9.17) is 0 Å². The molecule has 0 atom stereocenters. The normalized spacial score (nSPS) is 11.5. The van der Waals surface area contributed by atoms with Gasteiger partial charge >= 0.3 is 6.18 Å². The van der Waals surface area contributed by atoms with Crippen molar-refractivity contribution in [3.63, 3.8) is 0 Å². The maximum Gasteiger partial charge on any atom is 0.416 e. The monoisotopic (exact) mass is 237 g/mol. The first-order valence-corrected chi connectivity index (χ1v) is 4.91. The van der Waals surface area contributed by atoms with Gasteiger partial charge in [0.25, 0.3) is 0 Å². The molecule has 2 aromatic rings. The highest BCUT2D eigenvalue weighted by atomic mass is 19.4. The SMILES string of the molecule is [O]c1cccc(-c2ccc(C(F)(F)F)cc2)c1. The summed E-state index contributed by atoms with van der Waals surface area (Å²) in [7, 11) is 0. The summed E-state index contributed by atoms with van der Waals surface area (Å²) in [5, 5.41) is 11.1. The fourth-order valence-electron chi connectivity index (χ4n) is 1.53. The lowest BCUT2D eigenvalue weighted by atomic mass is 10.0. The molecule has 17 heavy (non-hydrogen) atoms. The van der Waals surface area contributed by atoms with E-state index in [0.29, 0.717) is 11.1 Å². The van der Waals surface area contributed by atoms with Gasteiger partial charge in [0.2, 0.25) is 0 Å². The zero-order valence-electron chi connectivity index (χ0n) is 8.66. The highest BCUT2D eigenvalue weighted by Gasteiger charge is 2.29. The predicted molar refractivity (Wildman–Crippen MR) is 57.0 cm³/mol. The first-order chi connectivity index (χ1) is 7.97. The molecule has 4 heteroatoms. The van der Waals surface area contributed by atoms with Gasteiger partial charge < -0.3 is 0 Å². The third-order valence-electron chi connectivity index (χ3n) is 2.38. The molecule has 0 heterocycles. The van der Waals surface area contributed by atoms with Crippen molar-refractivity contribution in [2.45, 2.75) is 6.18 Å². The molecule has 1 nitrogen and oxygen atoms in total. The Bertz CT molecular complexity index is 515. The molecule has 87 valence electrons. The van der Waals surface area contributed by atoms with Gasteiger partial charge in [-0.25, -0.2) is 0 Å². The molecule has 2 rings (SSSR count). The van der Waals surface area contributed by atoms with Crippen molar-refractivity contribution in [3.05, 3.63) is 54.1 Å². The summed E-state index contributed by atoms with van der Waals surface area (Å²) in [5.41, 5.74) is 0.515. The quantitative estimate of drug-likeness (QED) is 0.695. The van der Waals surface area contributed by atoms with Crippen LogP contribution in [0.3, 0.4) is 0 Å². The molecule has 0 spiro atoms. The standard InChI is InChI=1S/C13H8F3O/c14-13(15,16)11-6-4-9(5-7-11)10-2-1-3-12(17)8-10/h1-8H. The van der Waals surface area contributed by atoms with Crippen molar-refractivity contribution in [2.75, 3.05) is 0 Å². The molecule has 0 bridgehead atoms. The van der Waals surface area contributed by atoms with E-state index in [2.05, 4.69) is 0 Å². The van der Waals surface area contributed by atoms with Gasteiger partial charge in [-0.15, -0.1) is 0 Å². The Hall–Kier alpha value is -1.97. The third-order valence-corrected chi connectivity index (χ3v) is 2.38. The second-order valence-corrected chi connectivity index (χ2v) is 3.60. The van der Waals surface area contributed by atoms with Crippen molar-refractivity contribution in [3.8, 4) is 16.9 Å². The van der Waals surface area contributed by atoms with Crippen LogP contribution in [0.4, 0.5) is 13.2 Å². The zero-order chi connectivity index (χ0) is 12.5. The molecule has 0 aliphatic heterocycles. The van der Waals surface area contributed by atoms with Crippen molar-refractivity contribution >= 4 is 0 Å². The highest BCUT2D eigenvalue weighted by molar-refractivity contribution is 5.65. The molecule has 0 saturated heterocycles. The maximum atomic E-state index is 12.3. The molecular formula is C13H8F3O. The Labute approximate surface area is 96.1 Å². The summed E-state index contributed by atoms with van der Waals surface area (Å²) in [6.45, 7) is 0. The van der Waals surface area contributed by atoms with Crippen molar-refractivity contribution in [1.29, 1.82) is 0 Å². The number of alkyl halides is 3. The van der Waals surface area contributed by atoms with Gasteiger partial charge in [-0.2, -0.15) is 13.2 Å². The summed E-state index contributed by atoms with van der Waals surface area (Å²) in [4.78, 5) is 0. The molecular weight excluding hydrogens is 229 g/mol. The summed E-state index contributed by atoms with van der Waals surface area (Å²) in [6, 6.07) is 10.8. The minimum atomic E-state index is -4.33. The molecule has 0 unspecified atom stereocenters. The van der Waals surface area contributed by atoms with E-state index in [9.17, 15) is 18.3 Å². The fourth-order valence-corrected chi connectivity index (χ4v) is 1.53. The van der Waals surface area contributed by atoms with E-state index in [-0.39, 0.29) is 5.75 Å². The summed E-state index contributed by atoms with van der Waals surface area (Å²) < 4.78 is 37.0. The Balaban J connectivity index is 2.36. The van der Waals surface area contributed by atoms with Gasteiger partial charge in [-0.1, -0.05) is 24.3 Å². The van der Waals surface area contributed by atoms with Crippen LogP contribution in [0.1, 0.15) is 5.56 Å². The van der Waals surface area contributed by atoms with Gasteiger partial charge in [0.15, 0.2) is 5.75 Å². The minimum Gasteiger partial charge on any atom is -0.290 e. The Morgan fingerprint density at radius 3 is 2.00 bits per heavy atom. The summed E-state index contributed by atoms with van der Waals surface area (Å²) in [6.07, 6.45) is -4.33. The van der Waals surface area contributed by atoms with Gasteiger partial charge in [0.1, 0.15) is 0 Å². The van der Waals surface area contributed by atoms with Crippen LogP contribution in [0.15, 0.2) is 48.5 Å². The second-order valence-electron chi connectivity index (χ2n) is 3.60. The summed E-state index contributed by atoms with van der Waals surface area (Å²) >= 11 is 0.